The zero-order chi connectivity index (χ0) is 22.0. The van der Waals surface area contributed by atoms with Crippen LogP contribution in [0.4, 0.5) is 10.8 Å². The molecule has 1 heterocycles. The molecule has 3 aromatic carbocycles. The van der Waals surface area contributed by atoms with E-state index in [1.54, 1.807) is 36.0 Å². The maximum Gasteiger partial charge on any atom is 0.264 e. The van der Waals surface area contributed by atoms with Crippen LogP contribution in [-0.4, -0.2) is 32.6 Å². The second-order valence-corrected chi connectivity index (χ2v) is 10.5. The fourth-order valence-electron chi connectivity index (χ4n) is 2.97. The van der Waals surface area contributed by atoms with Gasteiger partial charge in [0.15, 0.2) is 5.13 Å². The van der Waals surface area contributed by atoms with Crippen molar-refractivity contribution in [3.05, 3.63) is 78.4 Å². The number of thioether (sulfide) groups is 1. The zero-order valence-electron chi connectivity index (χ0n) is 16.8. The van der Waals surface area contributed by atoms with E-state index in [2.05, 4.69) is 10.3 Å². The SMILES string of the molecule is CSc1ccc2nc(NC(=O)c3ccc(S(=O)(=O)N(C)c4ccccc4)cc3)sc2c1. The smallest absolute Gasteiger partial charge is 0.264 e. The second kappa shape index (κ2) is 8.70. The number of thiazole rings is 1. The Morgan fingerprint density at radius 2 is 1.74 bits per heavy atom. The normalized spacial score (nSPS) is 11.4. The molecule has 0 aliphatic rings. The molecule has 4 aromatic rings. The summed E-state index contributed by atoms with van der Waals surface area (Å²) in [5, 5.41) is 3.29. The molecule has 1 amide bonds. The van der Waals surface area contributed by atoms with Crippen molar-refractivity contribution in [1.29, 1.82) is 0 Å². The van der Waals surface area contributed by atoms with Crippen LogP contribution in [0.5, 0.6) is 0 Å². The van der Waals surface area contributed by atoms with Crippen molar-refractivity contribution in [1.82, 2.24) is 4.98 Å². The van der Waals surface area contributed by atoms with Crippen LogP contribution in [0.1, 0.15) is 10.4 Å². The molecule has 0 atom stereocenters. The van der Waals surface area contributed by atoms with E-state index < -0.39 is 10.0 Å². The van der Waals surface area contributed by atoms with Gasteiger partial charge in [0.05, 0.1) is 20.8 Å². The Balaban J connectivity index is 1.52. The Hall–Kier alpha value is -2.88. The largest absolute Gasteiger partial charge is 0.298 e. The minimum absolute atomic E-state index is 0.111. The van der Waals surface area contributed by atoms with Gasteiger partial charge in [-0.15, -0.1) is 11.8 Å². The molecule has 0 aliphatic heterocycles. The maximum absolute atomic E-state index is 12.9. The number of anilines is 2. The summed E-state index contributed by atoms with van der Waals surface area (Å²) in [5.74, 6) is -0.343. The first kappa shape index (κ1) is 21.4. The number of rotatable bonds is 6. The number of carbonyl (C=O) groups is 1. The van der Waals surface area contributed by atoms with Crippen LogP contribution in [0.3, 0.4) is 0 Å². The Morgan fingerprint density at radius 1 is 1.03 bits per heavy atom. The summed E-state index contributed by atoms with van der Waals surface area (Å²) in [7, 11) is -2.23. The third-order valence-electron chi connectivity index (χ3n) is 4.71. The summed E-state index contributed by atoms with van der Waals surface area (Å²) in [6, 6.07) is 20.7. The Morgan fingerprint density at radius 3 is 2.42 bits per heavy atom. The van der Waals surface area contributed by atoms with E-state index in [1.807, 2.05) is 30.5 Å². The molecule has 0 spiro atoms. The number of para-hydroxylation sites is 1. The topological polar surface area (TPSA) is 79.4 Å². The van der Waals surface area contributed by atoms with Gasteiger partial charge in [0.2, 0.25) is 0 Å². The van der Waals surface area contributed by atoms with E-state index in [0.29, 0.717) is 16.4 Å². The van der Waals surface area contributed by atoms with Crippen molar-refractivity contribution in [3.8, 4) is 0 Å². The highest BCUT2D eigenvalue weighted by molar-refractivity contribution is 7.98. The second-order valence-electron chi connectivity index (χ2n) is 6.64. The minimum Gasteiger partial charge on any atom is -0.298 e. The molecule has 1 aromatic heterocycles. The highest BCUT2D eigenvalue weighted by Gasteiger charge is 2.21. The molecule has 6 nitrogen and oxygen atoms in total. The fraction of sp³-hybridized carbons (Fsp3) is 0.0909. The molecule has 4 rings (SSSR count). The number of hydrogen-bond donors (Lipinski definition) is 1. The average molecular weight is 470 g/mol. The highest BCUT2D eigenvalue weighted by atomic mass is 32.2. The quantitative estimate of drug-likeness (QED) is 0.398. The summed E-state index contributed by atoms with van der Waals surface area (Å²) in [6.07, 6.45) is 2.01. The van der Waals surface area contributed by atoms with E-state index in [0.717, 1.165) is 15.1 Å². The van der Waals surface area contributed by atoms with E-state index in [9.17, 15) is 13.2 Å². The summed E-state index contributed by atoms with van der Waals surface area (Å²) < 4.78 is 28.0. The molecule has 158 valence electrons. The van der Waals surface area contributed by atoms with Crippen LogP contribution in [-0.2, 0) is 10.0 Å². The lowest BCUT2D eigenvalue weighted by molar-refractivity contribution is 0.102. The molecule has 0 saturated heterocycles. The van der Waals surface area contributed by atoms with Gasteiger partial charge >= 0.3 is 0 Å². The zero-order valence-corrected chi connectivity index (χ0v) is 19.2. The summed E-state index contributed by atoms with van der Waals surface area (Å²) in [4.78, 5) is 18.3. The molecule has 1 N–H and O–H groups in total. The van der Waals surface area contributed by atoms with Crippen molar-refractivity contribution in [2.75, 3.05) is 22.9 Å². The standard InChI is InChI=1S/C22H19N3O3S3/c1-25(16-6-4-3-5-7-16)31(27,28)18-11-8-15(9-12-18)21(26)24-22-23-19-13-10-17(29-2)14-20(19)30-22/h3-14H,1-2H3,(H,23,24,26). The number of sulfonamides is 1. The summed E-state index contributed by atoms with van der Waals surface area (Å²) >= 11 is 3.05. The number of benzene rings is 3. The monoisotopic (exact) mass is 469 g/mol. The third kappa shape index (κ3) is 4.43. The highest BCUT2D eigenvalue weighted by Crippen LogP contribution is 2.30. The van der Waals surface area contributed by atoms with Gasteiger partial charge in [-0.25, -0.2) is 13.4 Å². The summed E-state index contributed by atoms with van der Waals surface area (Å²) in [5.41, 5.74) is 1.73. The van der Waals surface area contributed by atoms with Crippen LogP contribution in [0.15, 0.2) is 82.6 Å². The van der Waals surface area contributed by atoms with Gasteiger partial charge in [0, 0.05) is 17.5 Å². The van der Waals surface area contributed by atoms with Crippen molar-refractivity contribution in [3.63, 3.8) is 0 Å². The van der Waals surface area contributed by atoms with Crippen molar-refractivity contribution in [2.45, 2.75) is 9.79 Å². The first-order valence-electron chi connectivity index (χ1n) is 9.28. The number of nitrogens with one attached hydrogen (secondary N) is 1. The predicted molar refractivity (Wildman–Crippen MR) is 128 cm³/mol. The van der Waals surface area contributed by atoms with Gasteiger partial charge in [0.25, 0.3) is 15.9 Å². The Bertz CT molecular complexity index is 1330. The van der Waals surface area contributed by atoms with Crippen molar-refractivity contribution >= 4 is 60.1 Å². The number of aromatic nitrogens is 1. The lowest BCUT2D eigenvalue weighted by atomic mass is 10.2. The van der Waals surface area contributed by atoms with E-state index in [-0.39, 0.29) is 10.8 Å². The fourth-order valence-corrected chi connectivity index (χ4v) is 5.58. The van der Waals surface area contributed by atoms with Gasteiger partial charge in [-0.2, -0.15) is 0 Å². The molecule has 0 unspecified atom stereocenters. The minimum atomic E-state index is -3.73. The van der Waals surface area contributed by atoms with Crippen LogP contribution in [0, 0.1) is 0 Å². The van der Waals surface area contributed by atoms with Gasteiger partial charge < -0.3 is 0 Å². The van der Waals surface area contributed by atoms with Gasteiger partial charge in [-0.1, -0.05) is 29.5 Å². The number of fused-ring (bicyclic) bond motifs is 1. The predicted octanol–water partition coefficient (Wildman–Crippen LogP) is 5.10. The lowest BCUT2D eigenvalue weighted by Crippen LogP contribution is -2.26. The van der Waals surface area contributed by atoms with E-state index in [1.165, 1.54) is 47.0 Å². The third-order valence-corrected chi connectivity index (χ3v) is 8.17. The van der Waals surface area contributed by atoms with Gasteiger partial charge in [-0.3, -0.25) is 14.4 Å². The summed E-state index contributed by atoms with van der Waals surface area (Å²) in [6.45, 7) is 0. The molecule has 31 heavy (non-hydrogen) atoms. The van der Waals surface area contributed by atoms with E-state index in [4.69, 9.17) is 0 Å². The van der Waals surface area contributed by atoms with Gasteiger partial charge in [0.1, 0.15) is 0 Å². The van der Waals surface area contributed by atoms with E-state index >= 15 is 0 Å². The van der Waals surface area contributed by atoms with Gasteiger partial charge in [-0.05, 0) is 60.9 Å². The molecule has 0 fully saturated rings. The Labute approximate surface area is 189 Å². The first-order chi connectivity index (χ1) is 14.9. The molecule has 0 saturated carbocycles. The molecule has 9 heteroatoms. The number of carbonyl (C=O) groups excluding carboxylic acids is 1. The first-order valence-corrected chi connectivity index (χ1v) is 12.8. The van der Waals surface area contributed by atoms with Crippen molar-refractivity contribution < 1.29 is 13.2 Å². The molecular formula is C22H19N3O3S3. The molecular weight excluding hydrogens is 450 g/mol. The molecule has 0 radical (unpaired) electrons. The maximum atomic E-state index is 12.9. The van der Waals surface area contributed by atoms with Crippen LogP contribution in [0.25, 0.3) is 10.2 Å². The molecule has 0 aliphatic carbocycles. The average Bonchev–Trinajstić information content (AvgIpc) is 3.20. The van der Waals surface area contributed by atoms with Crippen LogP contribution in [0.2, 0.25) is 0 Å². The van der Waals surface area contributed by atoms with Crippen LogP contribution < -0.4 is 9.62 Å². The number of amides is 1. The lowest BCUT2D eigenvalue weighted by Gasteiger charge is -2.19. The van der Waals surface area contributed by atoms with Crippen LogP contribution >= 0.6 is 23.1 Å². The Kier molecular flexibility index (Phi) is 5.99. The number of nitrogens with zero attached hydrogens (tertiary/aromatic N) is 2. The molecule has 0 bridgehead atoms. The van der Waals surface area contributed by atoms with Crippen molar-refractivity contribution in [2.24, 2.45) is 0 Å². The number of hydrogen-bond acceptors (Lipinski definition) is 6.